The van der Waals surface area contributed by atoms with Crippen molar-refractivity contribution in [2.24, 2.45) is 13.0 Å². The number of likely N-dealkylation sites (N-methyl/N-ethyl adjacent to an activating group) is 1. The number of hydrazine groups is 1. The number of rotatable bonds is 3. The molecule has 0 aromatic carbocycles. The van der Waals surface area contributed by atoms with Crippen molar-refractivity contribution in [3.05, 3.63) is 17.0 Å². The van der Waals surface area contributed by atoms with E-state index in [9.17, 15) is 9.59 Å². The summed E-state index contributed by atoms with van der Waals surface area (Å²) in [4.78, 5) is 27.4. The molecule has 3 heterocycles. The molecule has 0 spiro atoms. The molecule has 2 saturated heterocycles. The van der Waals surface area contributed by atoms with E-state index in [0.29, 0.717) is 12.6 Å². The van der Waals surface area contributed by atoms with Gasteiger partial charge in [0.1, 0.15) is 6.04 Å². The molecule has 2 aliphatic heterocycles. The maximum Gasteiger partial charge on any atom is 0.241 e. The van der Waals surface area contributed by atoms with Crippen LogP contribution in [0, 0.1) is 19.8 Å². The molecule has 4 atom stereocenters. The monoisotopic (exact) mass is 374 g/mol. The fourth-order valence-electron chi connectivity index (χ4n) is 5.07. The van der Waals surface area contributed by atoms with Gasteiger partial charge in [-0.1, -0.05) is 0 Å². The Morgan fingerprint density at radius 3 is 2.70 bits per heavy atom. The van der Waals surface area contributed by atoms with Crippen LogP contribution in [0.1, 0.15) is 42.6 Å². The summed E-state index contributed by atoms with van der Waals surface area (Å²) >= 11 is 0. The number of nitrogens with zero attached hydrogens (tertiary/aromatic N) is 4. The summed E-state index contributed by atoms with van der Waals surface area (Å²) in [6.07, 6.45) is 3.41. The van der Waals surface area contributed by atoms with Crippen molar-refractivity contribution in [3.63, 3.8) is 0 Å². The number of piperazine rings is 1. The standard InChI is InChI=1S/C19H30N6O2/c1-11-14(12(2)24(4)22-11)10-20-18(26)13-5-6-15-17(9-13)23(3)19(27)16-7-8-21-25(15)16/h13,15-17,21H,5-10H2,1-4H3,(H,20,26). The van der Waals surface area contributed by atoms with Crippen LogP contribution in [0.4, 0.5) is 0 Å². The number of carbonyl (C=O) groups is 2. The smallest absolute Gasteiger partial charge is 0.241 e. The van der Waals surface area contributed by atoms with Crippen molar-refractivity contribution in [1.29, 1.82) is 0 Å². The number of aryl methyl sites for hydroxylation is 2. The summed E-state index contributed by atoms with van der Waals surface area (Å²) in [6, 6.07) is 0.385. The second-order valence-electron chi connectivity index (χ2n) is 8.20. The van der Waals surface area contributed by atoms with Gasteiger partial charge in [0.2, 0.25) is 11.8 Å². The van der Waals surface area contributed by atoms with Crippen molar-refractivity contribution < 1.29 is 9.59 Å². The van der Waals surface area contributed by atoms with Gasteiger partial charge in [-0.2, -0.15) is 5.10 Å². The topological polar surface area (TPSA) is 82.5 Å². The zero-order chi connectivity index (χ0) is 19.3. The van der Waals surface area contributed by atoms with Gasteiger partial charge in [0.05, 0.1) is 5.69 Å². The highest BCUT2D eigenvalue weighted by molar-refractivity contribution is 5.84. The number of hydrogen-bond acceptors (Lipinski definition) is 5. The third kappa shape index (κ3) is 3.04. The third-order valence-electron chi connectivity index (χ3n) is 6.79. The van der Waals surface area contributed by atoms with Gasteiger partial charge < -0.3 is 10.2 Å². The van der Waals surface area contributed by atoms with Gasteiger partial charge >= 0.3 is 0 Å². The summed E-state index contributed by atoms with van der Waals surface area (Å²) < 4.78 is 1.85. The number of aromatic nitrogens is 2. The average Bonchev–Trinajstić information content (AvgIpc) is 3.23. The summed E-state index contributed by atoms with van der Waals surface area (Å²) in [5.74, 6) is 0.232. The van der Waals surface area contributed by atoms with Crippen molar-refractivity contribution >= 4 is 11.8 Å². The number of nitrogens with one attached hydrogen (secondary N) is 2. The van der Waals surface area contributed by atoms with E-state index >= 15 is 0 Å². The summed E-state index contributed by atoms with van der Waals surface area (Å²) in [5.41, 5.74) is 6.53. The summed E-state index contributed by atoms with van der Waals surface area (Å²) in [7, 11) is 3.82. The maximum absolute atomic E-state index is 12.8. The van der Waals surface area contributed by atoms with Gasteiger partial charge in [0.15, 0.2) is 0 Å². The highest BCUT2D eigenvalue weighted by Gasteiger charge is 2.50. The van der Waals surface area contributed by atoms with Gasteiger partial charge in [0.25, 0.3) is 0 Å². The Labute approximate surface area is 160 Å². The Balaban J connectivity index is 1.41. The minimum Gasteiger partial charge on any atom is -0.352 e. The second-order valence-corrected chi connectivity index (χ2v) is 8.20. The van der Waals surface area contributed by atoms with Gasteiger partial charge in [-0.3, -0.25) is 19.7 Å². The first-order valence-corrected chi connectivity index (χ1v) is 9.93. The molecule has 4 unspecified atom stereocenters. The molecule has 0 bridgehead atoms. The fourth-order valence-corrected chi connectivity index (χ4v) is 5.07. The van der Waals surface area contributed by atoms with Gasteiger partial charge in [-0.15, -0.1) is 0 Å². The summed E-state index contributed by atoms with van der Waals surface area (Å²) in [6.45, 7) is 5.37. The van der Waals surface area contributed by atoms with Crippen molar-refractivity contribution in [2.75, 3.05) is 13.6 Å². The quantitative estimate of drug-likeness (QED) is 0.792. The SMILES string of the molecule is Cc1nn(C)c(C)c1CNC(=O)C1CCC2C(C1)N(C)C(=O)C1CCNN12. The maximum atomic E-state index is 12.8. The number of carbonyl (C=O) groups excluding carboxylic acids is 2. The molecule has 3 fully saturated rings. The van der Waals surface area contributed by atoms with Gasteiger partial charge in [-0.05, 0) is 39.5 Å². The number of fused-ring (bicyclic) bond motifs is 3. The first-order chi connectivity index (χ1) is 12.9. The van der Waals surface area contributed by atoms with E-state index in [1.54, 1.807) is 0 Å². The number of hydrogen-bond donors (Lipinski definition) is 2. The molecular formula is C19H30N6O2. The van der Waals surface area contributed by atoms with E-state index in [-0.39, 0.29) is 29.8 Å². The zero-order valence-corrected chi connectivity index (χ0v) is 16.7. The second kappa shape index (κ2) is 6.91. The Hall–Kier alpha value is -1.93. The lowest BCUT2D eigenvalue weighted by Crippen LogP contribution is -2.67. The first kappa shape index (κ1) is 18.4. The molecule has 27 heavy (non-hydrogen) atoms. The predicted octanol–water partition coefficient (Wildman–Crippen LogP) is 0.241. The average molecular weight is 374 g/mol. The third-order valence-corrected chi connectivity index (χ3v) is 6.79. The molecule has 1 aromatic rings. The number of amides is 2. The Bertz CT molecular complexity index is 760. The molecule has 1 aromatic heterocycles. The van der Waals surface area contributed by atoms with Crippen LogP contribution < -0.4 is 10.7 Å². The predicted molar refractivity (Wildman–Crippen MR) is 100 cm³/mol. The van der Waals surface area contributed by atoms with Crippen LogP contribution >= 0.6 is 0 Å². The van der Waals surface area contributed by atoms with Crippen molar-refractivity contribution in [1.82, 2.24) is 30.4 Å². The normalized spacial score (nSPS) is 31.0. The van der Waals surface area contributed by atoms with E-state index in [1.807, 2.05) is 37.5 Å². The molecule has 2 N–H and O–H groups in total. The van der Waals surface area contributed by atoms with E-state index in [0.717, 1.165) is 49.2 Å². The Kier molecular flexibility index (Phi) is 4.71. The van der Waals surface area contributed by atoms with Crippen LogP contribution in [-0.4, -0.2) is 63.2 Å². The van der Waals surface area contributed by atoms with E-state index in [2.05, 4.69) is 20.9 Å². The Morgan fingerprint density at radius 1 is 1.22 bits per heavy atom. The molecule has 8 nitrogen and oxygen atoms in total. The molecule has 2 amide bonds. The fraction of sp³-hybridized carbons (Fsp3) is 0.737. The molecular weight excluding hydrogens is 344 g/mol. The molecule has 1 saturated carbocycles. The lowest BCUT2D eigenvalue weighted by atomic mass is 9.79. The van der Waals surface area contributed by atoms with Crippen LogP contribution in [-0.2, 0) is 23.2 Å². The van der Waals surface area contributed by atoms with Crippen molar-refractivity contribution in [2.45, 2.75) is 64.2 Å². The van der Waals surface area contributed by atoms with Gasteiger partial charge in [-0.25, -0.2) is 5.01 Å². The highest BCUT2D eigenvalue weighted by atomic mass is 16.2. The van der Waals surface area contributed by atoms with E-state index in [4.69, 9.17) is 0 Å². The van der Waals surface area contributed by atoms with E-state index < -0.39 is 0 Å². The minimum absolute atomic E-state index is 0.0295. The lowest BCUT2D eigenvalue weighted by molar-refractivity contribution is -0.153. The molecule has 1 aliphatic carbocycles. The molecule has 0 radical (unpaired) electrons. The van der Waals surface area contributed by atoms with E-state index in [1.165, 1.54) is 0 Å². The van der Waals surface area contributed by atoms with Crippen LogP contribution in [0.15, 0.2) is 0 Å². The van der Waals surface area contributed by atoms with Crippen LogP contribution in [0.2, 0.25) is 0 Å². The largest absolute Gasteiger partial charge is 0.352 e. The first-order valence-electron chi connectivity index (χ1n) is 9.93. The molecule has 4 rings (SSSR count). The minimum atomic E-state index is -0.0436. The Morgan fingerprint density at radius 2 is 2.00 bits per heavy atom. The molecule has 3 aliphatic rings. The zero-order valence-electron chi connectivity index (χ0n) is 16.7. The summed E-state index contributed by atoms with van der Waals surface area (Å²) in [5, 5.41) is 9.69. The van der Waals surface area contributed by atoms with Crippen LogP contribution in [0.25, 0.3) is 0 Å². The molecule has 148 valence electrons. The highest BCUT2D eigenvalue weighted by Crippen LogP contribution is 2.36. The molecule has 8 heteroatoms. The lowest BCUT2D eigenvalue weighted by Gasteiger charge is -2.50. The van der Waals surface area contributed by atoms with Crippen molar-refractivity contribution in [3.8, 4) is 0 Å². The van der Waals surface area contributed by atoms with Gasteiger partial charge in [0, 0.05) is 56.4 Å². The van der Waals surface area contributed by atoms with Crippen LogP contribution in [0.5, 0.6) is 0 Å². The van der Waals surface area contributed by atoms with Crippen LogP contribution in [0.3, 0.4) is 0 Å².